The van der Waals surface area contributed by atoms with Crippen LogP contribution < -0.4 is 10.2 Å². The quantitative estimate of drug-likeness (QED) is 0.513. The number of benzene rings is 2. The summed E-state index contributed by atoms with van der Waals surface area (Å²) in [5.41, 5.74) is 5.89. The highest BCUT2D eigenvalue weighted by atomic mass is 16.1. The molecule has 6 heteroatoms. The van der Waals surface area contributed by atoms with Gasteiger partial charge in [-0.2, -0.15) is 5.10 Å². The van der Waals surface area contributed by atoms with Crippen LogP contribution in [0.15, 0.2) is 42.6 Å². The van der Waals surface area contributed by atoms with Crippen molar-refractivity contribution in [1.82, 2.24) is 20.0 Å². The van der Waals surface area contributed by atoms with Gasteiger partial charge in [-0.25, -0.2) is 4.68 Å². The van der Waals surface area contributed by atoms with Crippen LogP contribution in [0.1, 0.15) is 44.2 Å². The number of carbonyl (C=O) groups is 1. The molecule has 2 aromatic carbocycles. The molecule has 2 heterocycles. The Morgan fingerprint density at radius 1 is 1.09 bits per heavy atom. The summed E-state index contributed by atoms with van der Waals surface area (Å²) in [7, 11) is 4.05. The second-order valence-corrected chi connectivity index (χ2v) is 9.70. The van der Waals surface area contributed by atoms with Crippen molar-refractivity contribution >= 4 is 22.5 Å². The summed E-state index contributed by atoms with van der Waals surface area (Å²) in [6, 6.07) is 12.9. The molecule has 0 bridgehead atoms. The van der Waals surface area contributed by atoms with Gasteiger partial charge in [0, 0.05) is 44.2 Å². The van der Waals surface area contributed by atoms with Crippen molar-refractivity contribution in [2.45, 2.75) is 47.0 Å². The first kappa shape index (κ1) is 25.8. The number of hydrogen-bond donors (Lipinski definition) is 1. The second kappa shape index (κ2) is 11.5. The summed E-state index contributed by atoms with van der Waals surface area (Å²) in [6.45, 7) is 7.90. The van der Waals surface area contributed by atoms with Crippen molar-refractivity contribution in [1.29, 1.82) is 0 Å². The standard InChI is InChI=1S/C27H37N5O.CH4/c1-20-5-9-23(10-6-20)32-19-24-21(2)7-11-25(27(24)29-32)31-16-13-22(14-17-31)8-12-26(33)28-15-18-30(3)4;/h5-7,9-11,19,22H,8,12-18H2,1-4H3,(H,28,33);1H4. The molecule has 1 aliphatic heterocycles. The maximum Gasteiger partial charge on any atom is 0.220 e. The van der Waals surface area contributed by atoms with E-state index in [1.807, 2.05) is 18.8 Å². The van der Waals surface area contributed by atoms with Crippen LogP contribution >= 0.6 is 0 Å². The average molecular weight is 464 g/mol. The summed E-state index contributed by atoms with van der Waals surface area (Å²) in [6.07, 6.45) is 6.01. The van der Waals surface area contributed by atoms with Gasteiger partial charge in [0.2, 0.25) is 5.91 Å². The van der Waals surface area contributed by atoms with Crippen molar-refractivity contribution in [2.24, 2.45) is 5.92 Å². The molecule has 0 radical (unpaired) electrons. The number of rotatable bonds is 8. The predicted molar refractivity (Wildman–Crippen MR) is 143 cm³/mol. The normalized spacial score (nSPS) is 14.4. The van der Waals surface area contributed by atoms with Crippen LogP contribution in [0, 0.1) is 19.8 Å². The number of hydrogen-bond acceptors (Lipinski definition) is 4. The third-order valence-corrected chi connectivity index (χ3v) is 6.79. The average Bonchev–Trinajstić information content (AvgIpc) is 3.25. The lowest BCUT2D eigenvalue weighted by molar-refractivity contribution is -0.121. The zero-order chi connectivity index (χ0) is 23.4. The van der Waals surface area contributed by atoms with Gasteiger partial charge in [0.1, 0.15) is 5.52 Å². The summed E-state index contributed by atoms with van der Waals surface area (Å²) >= 11 is 0. The van der Waals surface area contributed by atoms with Gasteiger partial charge >= 0.3 is 0 Å². The Balaban J connectivity index is 0.00000324. The summed E-state index contributed by atoms with van der Waals surface area (Å²) in [5, 5.41) is 9.23. The highest BCUT2D eigenvalue weighted by molar-refractivity contribution is 5.93. The molecular weight excluding hydrogens is 422 g/mol. The van der Waals surface area contributed by atoms with Crippen molar-refractivity contribution < 1.29 is 4.79 Å². The Hall–Kier alpha value is -2.86. The Kier molecular flexibility index (Phi) is 8.72. The number of carbonyl (C=O) groups excluding carboxylic acids is 1. The molecule has 1 fully saturated rings. The van der Waals surface area contributed by atoms with E-state index in [4.69, 9.17) is 5.10 Å². The van der Waals surface area contributed by atoms with Crippen LogP contribution in [0.25, 0.3) is 16.6 Å². The van der Waals surface area contributed by atoms with E-state index in [1.54, 1.807) is 0 Å². The van der Waals surface area contributed by atoms with E-state index in [1.165, 1.54) is 22.2 Å². The van der Waals surface area contributed by atoms with Crippen molar-refractivity contribution in [3.8, 4) is 5.69 Å². The van der Waals surface area contributed by atoms with E-state index in [0.29, 0.717) is 12.3 Å². The number of anilines is 1. The molecule has 1 aromatic heterocycles. The molecule has 0 unspecified atom stereocenters. The molecule has 6 nitrogen and oxygen atoms in total. The van der Waals surface area contributed by atoms with Gasteiger partial charge < -0.3 is 15.1 Å². The first-order valence-electron chi connectivity index (χ1n) is 12.1. The lowest BCUT2D eigenvalue weighted by Crippen LogP contribution is -2.35. The largest absolute Gasteiger partial charge is 0.370 e. The van der Waals surface area contributed by atoms with Crippen molar-refractivity contribution in [3.05, 3.63) is 53.7 Å². The molecule has 4 rings (SSSR count). The fraction of sp³-hybridized carbons (Fsp3) is 0.500. The van der Waals surface area contributed by atoms with E-state index < -0.39 is 0 Å². The Morgan fingerprint density at radius 2 is 1.79 bits per heavy atom. The number of amides is 1. The monoisotopic (exact) mass is 463 g/mol. The molecule has 1 saturated heterocycles. The van der Waals surface area contributed by atoms with Crippen LogP contribution in [-0.4, -0.2) is 60.9 Å². The third-order valence-electron chi connectivity index (χ3n) is 6.79. The van der Waals surface area contributed by atoms with E-state index in [0.717, 1.165) is 56.6 Å². The molecule has 0 atom stereocenters. The highest BCUT2D eigenvalue weighted by Gasteiger charge is 2.22. The van der Waals surface area contributed by atoms with Gasteiger partial charge in [-0.15, -0.1) is 0 Å². The van der Waals surface area contributed by atoms with Crippen molar-refractivity contribution in [2.75, 3.05) is 45.2 Å². The molecule has 3 aromatic rings. The Morgan fingerprint density at radius 3 is 2.47 bits per heavy atom. The number of piperidine rings is 1. The van der Waals surface area contributed by atoms with Crippen LogP contribution in [-0.2, 0) is 4.79 Å². The summed E-state index contributed by atoms with van der Waals surface area (Å²) < 4.78 is 2.00. The fourth-order valence-electron chi connectivity index (χ4n) is 4.61. The van der Waals surface area contributed by atoms with Gasteiger partial charge in [-0.3, -0.25) is 4.79 Å². The zero-order valence-electron chi connectivity index (χ0n) is 20.5. The lowest BCUT2D eigenvalue weighted by atomic mass is 9.91. The molecule has 0 saturated carbocycles. The topological polar surface area (TPSA) is 53.4 Å². The van der Waals surface area contributed by atoms with E-state index in [-0.39, 0.29) is 13.3 Å². The number of nitrogens with one attached hydrogen (secondary N) is 1. The van der Waals surface area contributed by atoms with Gasteiger partial charge in [-0.1, -0.05) is 31.2 Å². The molecular formula is C28H41N5O. The van der Waals surface area contributed by atoms with Crippen molar-refractivity contribution in [3.63, 3.8) is 0 Å². The van der Waals surface area contributed by atoms with Crippen LogP contribution in [0.2, 0.25) is 0 Å². The molecule has 0 spiro atoms. The minimum atomic E-state index is 0. The van der Waals surface area contributed by atoms with Crippen LogP contribution in [0.5, 0.6) is 0 Å². The Bertz CT molecular complexity index is 1080. The molecule has 0 aliphatic carbocycles. The molecule has 1 N–H and O–H groups in total. The maximum absolute atomic E-state index is 12.1. The van der Waals surface area contributed by atoms with Gasteiger partial charge in [-0.05, 0) is 76.9 Å². The maximum atomic E-state index is 12.1. The predicted octanol–water partition coefficient (Wildman–Crippen LogP) is 4.95. The summed E-state index contributed by atoms with van der Waals surface area (Å²) in [4.78, 5) is 16.7. The lowest BCUT2D eigenvalue weighted by Gasteiger charge is -2.33. The van der Waals surface area contributed by atoms with E-state index in [2.05, 4.69) is 71.6 Å². The minimum absolute atomic E-state index is 0. The van der Waals surface area contributed by atoms with Crippen LogP contribution in [0.4, 0.5) is 5.69 Å². The minimum Gasteiger partial charge on any atom is -0.370 e. The van der Waals surface area contributed by atoms with Crippen LogP contribution in [0.3, 0.4) is 0 Å². The SMILES string of the molecule is C.Cc1ccc(-n2cc3c(C)ccc(N4CCC(CCC(=O)NCCN(C)C)CC4)c3n2)cc1. The van der Waals surface area contributed by atoms with Gasteiger partial charge in [0.05, 0.1) is 11.4 Å². The highest BCUT2D eigenvalue weighted by Crippen LogP contribution is 2.33. The number of aromatic nitrogens is 2. The van der Waals surface area contributed by atoms with E-state index in [9.17, 15) is 4.79 Å². The van der Waals surface area contributed by atoms with Gasteiger partial charge in [0.15, 0.2) is 0 Å². The zero-order valence-corrected chi connectivity index (χ0v) is 20.5. The first-order valence-corrected chi connectivity index (χ1v) is 12.1. The van der Waals surface area contributed by atoms with E-state index >= 15 is 0 Å². The number of nitrogens with zero attached hydrogens (tertiary/aromatic N) is 4. The molecule has 1 aliphatic rings. The van der Waals surface area contributed by atoms with Gasteiger partial charge in [0.25, 0.3) is 0 Å². The summed E-state index contributed by atoms with van der Waals surface area (Å²) in [5.74, 6) is 0.799. The third kappa shape index (κ3) is 6.17. The fourth-order valence-corrected chi connectivity index (χ4v) is 4.61. The smallest absolute Gasteiger partial charge is 0.220 e. The molecule has 1 amide bonds. The number of fused-ring (bicyclic) bond motifs is 1. The first-order chi connectivity index (χ1) is 15.9. The number of aryl methyl sites for hydroxylation is 2. The second-order valence-electron chi connectivity index (χ2n) is 9.70. The molecule has 184 valence electrons. The Labute approximate surface area is 204 Å². The molecule has 34 heavy (non-hydrogen) atoms. The number of likely N-dealkylation sites (N-methyl/N-ethyl adjacent to an activating group) is 1.